The number of ether oxygens (including phenoxy) is 1. The zero-order valence-electron chi connectivity index (χ0n) is 19.1. The summed E-state index contributed by atoms with van der Waals surface area (Å²) in [6.07, 6.45) is 4.81. The molecule has 1 aromatic heterocycles. The molecule has 7 nitrogen and oxygen atoms in total. The van der Waals surface area contributed by atoms with Crippen molar-refractivity contribution in [3.8, 4) is 6.01 Å². The second kappa shape index (κ2) is 8.61. The van der Waals surface area contributed by atoms with Gasteiger partial charge in [-0.15, -0.1) is 0 Å². The lowest BCUT2D eigenvalue weighted by atomic mass is 10.1. The van der Waals surface area contributed by atoms with Crippen LogP contribution in [-0.2, 0) is 19.5 Å². The van der Waals surface area contributed by atoms with Crippen LogP contribution in [0.5, 0.6) is 6.01 Å². The molecule has 4 aliphatic rings. The maximum atomic E-state index is 6.21. The highest BCUT2D eigenvalue weighted by atomic mass is 16.5. The van der Waals surface area contributed by atoms with Crippen LogP contribution >= 0.6 is 0 Å². The molecule has 1 unspecified atom stereocenters. The van der Waals surface area contributed by atoms with Gasteiger partial charge in [0.2, 0.25) is 0 Å². The van der Waals surface area contributed by atoms with Crippen molar-refractivity contribution in [2.75, 3.05) is 51.3 Å². The number of likely N-dealkylation sites (N-methyl/N-ethyl adjacent to an activating group) is 1. The first-order valence-electron chi connectivity index (χ1n) is 12.3. The Labute approximate surface area is 190 Å². The highest BCUT2D eigenvalue weighted by Gasteiger charge is 2.35. The fourth-order valence-corrected chi connectivity index (χ4v) is 5.94. The highest BCUT2D eigenvalue weighted by Crippen LogP contribution is 2.41. The van der Waals surface area contributed by atoms with Crippen molar-refractivity contribution >= 4 is 5.82 Å². The molecule has 2 aromatic rings. The minimum Gasteiger partial charge on any atom is -0.462 e. The van der Waals surface area contributed by atoms with Crippen LogP contribution in [0.2, 0.25) is 0 Å². The quantitative estimate of drug-likeness (QED) is 0.775. The molecule has 4 heterocycles. The van der Waals surface area contributed by atoms with Crippen molar-refractivity contribution in [1.29, 1.82) is 0 Å². The summed E-state index contributed by atoms with van der Waals surface area (Å²) < 4.78 is 6.21. The molecule has 0 saturated carbocycles. The molecule has 7 heteroatoms. The largest absolute Gasteiger partial charge is 0.462 e. The molecule has 32 heavy (non-hydrogen) atoms. The van der Waals surface area contributed by atoms with Crippen LogP contribution in [0.1, 0.15) is 47.7 Å². The highest BCUT2D eigenvalue weighted by molar-refractivity contribution is 5.52. The third-order valence-corrected chi connectivity index (χ3v) is 7.80. The summed E-state index contributed by atoms with van der Waals surface area (Å²) in [4.78, 5) is 17.3. The number of fused-ring (bicyclic) bond motifs is 2. The summed E-state index contributed by atoms with van der Waals surface area (Å²) in [7, 11) is 2.19. The molecule has 3 aliphatic heterocycles. The van der Waals surface area contributed by atoms with E-state index in [0.29, 0.717) is 24.7 Å². The molecule has 0 radical (unpaired) electrons. The van der Waals surface area contributed by atoms with Crippen molar-refractivity contribution in [3.05, 3.63) is 46.6 Å². The number of likely N-dealkylation sites (tertiary alicyclic amines) is 1. The van der Waals surface area contributed by atoms with Gasteiger partial charge in [0.25, 0.3) is 0 Å². The molecule has 0 spiro atoms. The van der Waals surface area contributed by atoms with Crippen LogP contribution in [-0.4, -0.2) is 72.2 Å². The number of aryl methyl sites for hydroxylation is 1. The monoisotopic (exact) mass is 434 g/mol. The van der Waals surface area contributed by atoms with E-state index in [0.717, 1.165) is 57.3 Å². The maximum Gasteiger partial charge on any atom is 0.318 e. The van der Waals surface area contributed by atoms with Crippen molar-refractivity contribution in [3.63, 3.8) is 0 Å². The number of rotatable bonds is 5. The van der Waals surface area contributed by atoms with Crippen molar-refractivity contribution < 1.29 is 4.74 Å². The number of piperazine rings is 1. The standard InChI is InChI=1S/C25H34N6O/c1-29-12-4-6-19(29)17-32-25-27-22-16-31(23-9-8-18-5-2-3-7-20(18)23)15-21(22)24(28-25)30-13-10-26-11-14-30/h2-3,5,7,19,23,26H,4,6,8-17H2,1H3/t19-,23?/m0/s1. The Morgan fingerprint density at radius 1 is 1.06 bits per heavy atom. The maximum absolute atomic E-state index is 6.21. The zero-order chi connectivity index (χ0) is 21.5. The van der Waals surface area contributed by atoms with Gasteiger partial charge in [-0.2, -0.15) is 9.97 Å². The van der Waals surface area contributed by atoms with Crippen molar-refractivity contribution in [2.45, 2.75) is 50.9 Å². The summed E-state index contributed by atoms with van der Waals surface area (Å²) in [6, 6.07) is 10.5. The van der Waals surface area contributed by atoms with E-state index in [9.17, 15) is 0 Å². The molecule has 1 N–H and O–H groups in total. The smallest absolute Gasteiger partial charge is 0.318 e. The topological polar surface area (TPSA) is 56.8 Å². The van der Waals surface area contributed by atoms with E-state index in [1.54, 1.807) is 0 Å². The number of hydrogen-bond acceptors (Lipinski definition) is 7. The first kappa shape index (κ1) is 20.4. The van der Waals surface area contributed by atoms with E-state index in [1.807, 2.05) is 0 Å². The van der Waals surface area contributed by atoms with E-state index in [-0.39, 0.29) is 0 Å². The van der Waals surface area contributed by atoms with Gasteiger partial charge >= 0.3 is 6.01 Å². The minimum atomic E-state index is 0.473. The van der Waals surface area contributed by atoms with Gasteiger partial charge in [-0.1, -0.05) is 24.3 Å². The van der Waals surface area contributed by atoms with Crippen molar-refractivity contribution in [2.24, 2.45) is 0 Å². The number of nitrogens with zero attached hydrogens (tertiary/aromatic N) is 5. The van der Waals surface area contributed by atoms with Gasteiger partial charge in [-0.3, -0.25) is 4.90 Å². The normalized spacial score (nSPS) is 25.8. The third-order valence-electron chi connectivity index (χ3n) is 7.80. The Bertz CT molecular complexity index is 975. The zero-order valence-corrected chi connectivity index (χ0v) is 19.1. The molecular weight excluding hydrogens is 400 g/mol. The Morgan fingerprint density at radius 2 is 1.94 bits per heavy atom. The van der Waals surface area contributed by atoms with Gasteiger partial charge in [0.05, 0.1) is 5.69 Å². The number of anilines is 1. The average molecular weight is 435 g/mol. The molecule has 1 aromatic carbocycles. The Kier molecular flexibility index (Phi) is 5.49. The Morgan fingerprint density at radius 3 is 2.78 bits per heavy atom. The molecule has 6 rings (SSSR count). The summed E-state index contributed by atoms with van der Waals surface area (Å²) in [5, 5.41) is 3.47. The van der Waals surface area contributed by atoms with Gasteiger partial charge < -0.3 is 19.9 Å². The van der Waals surface area contributed by atoms with Crippen LogP contribution in [0.3, 0.4) is 0 Å². The fraction of sp³-hybridized carbons (Fsp3) is 0.600. The van der Waals surface area contributed by atoms with Gasteiger partial charge in [0.15, 0.2) is 0 Å². The van der Waals surface area contributed by atoms with Crippen LogP contribution in [0.15, 0.2) is 24.3 Å². The number of benzene rings is 1. The minimum absolute atomic E-state index is 0.473. The first-order valence-corrected chi connectivity index (χ1v) is 12.3. The van der Waals surface area contributed by atoms with Gasteiger partial charge in [-0.05, 0) is 50.4 Å². The van der Waals surface area contributed by atoms with Crippen LogP contribution in [0.25, 0.3) is 0 Å². The van der Waals surface area contributed by atoms with Crippen molar-refractivity contribution in [1.82, 2.24) is 25.1 Å². The average Bonchev–Trinajstić information content (AvgIpc) is 3.55. The van der Waals surface area contributed by atoms with E-state index >= 15 is 0 Å². The molecule has 2 atom stereocenters. The van der Waals surface area contributed by atoms with E-state index in [2.05, 4.69) is 51.3 Å². The SMILES string of the molecule is CN1CCC[C@H]1COc1nc2c(c(N3CCNCC3)n1)CN(C1CCc3ccccc31)C2. The molecular formula is C25H34N6O. The molecule has 2 fully saturated rings. The summed E-state index contributed by atoms with van der Waals surface area (Å²) in [5.74, 6) is 1.10. The first-order chi connectivity index (χ1) is 15.8. The van der Waals surface area contributed by atoms with Gasteiger partial charge in [0.1, 0.15) is 12.4 Å². The van der Waals surface area contributed by atoms with Gasteiger partial charge in [-0.25, -0.2) is 0 Å². The third kappa shape index (κ3) is 3.76. The van der Waals surface area contributed by atoms with Crippen LogP contribution < -0.4 is 15.0 Å². The predicted octanol–water partition coefficient (Wildman–Crippen LogP) is 2.36. The Balaban J connectivity index is 1.27. The Hall–Kier alpha value is -2.22. The van der Waals surface area contributed by atoms with Gasteiger partial charge in [0, 0.05) is 56.9 Å². The van der Waals surface area contributed by atoms with Crippen LogP contribution in [0.4, 0.5) is 5.82 Å². The number of aromatic nitrogens is 2. The van der Waals surface area contributed by atoms with E-state index in [4.69, 9.17) is 14.7 Å². The van der Waals surface area contributed by atoms with E-state index < -0.39 is 0 Å². The number of nitrogens with one attached hydrogen (secondary N) is 1. The van der Waals surface area contributed by atoms with Crippen LogP contribution in [0, 0.1) is 0 Å². The lowest BCUT2D eigenvalue weighted by Crippen LogP contribution is -2.44. The van der Waals surface area contributed by atoms with E-state index in [1.165, 1.54) is 42.4 Å². The summed E-state index contributed by atoms with van der Waals surface area (Å²) in [6.45, 7) is 7.62. The second-order valence-electron chi connectivity index (χ2n) is 9.74. The lowest BCUT2D eigenvalue weighted by molar-refractivity contribution is 0.186. The molecule has 0 amide bonds. The lowest BCUT2D eigenvalue weighted by Gasteiger charge is -2.30. The second-order valence-corrected chi connectivity index (χ2v) is 9.74. The predicted molar refractivity (Wildman–Crippen MR) is 125 cm³/mol. The number of hydrogen-bond donors (Lipinski definition) is 1. The fourth-order valence-electron chi connectivity index (χ4n) is 5.94. The molecule has 2 saturated heterocycles. The summed E-state index contributed by atoms with van der Waals surface area (Å²) >= 11 is 0. The molecule has 0 bridgehead atoms. The molecule has 1 aliphatic carbocycles. The summed E-state index contributed by atoms with van der Waals surface area (Å²) in [5.41, 5.74) is 5.47. The molecule has 170 valence electrons.